The van der Waals surface area contributed by atoms with Crippen LogP contribution in [-0.2, 0) is 11.2 Å². The third-order valence-corrected chi connectivity index (χ3v) is 4.05. The second kappa shape index (κ2) is 8.65. The number of nitrogens with one attached hydrogen (secondary N) is 1. The summed E-state index contributed by atoms with van der Waals surface area (Å²) in [4.78, 5) is 16.0. The molecule has 1 amide bonds. The summed E-state index contributed by atoms with van der Waals surface area (Å²) in [5.74, 6) is 0.761. The minimum atomic E-state index is -0.236. The molecule has 0 aliphatic rings. The van der Waals surface area contributed by atoms with Gasteiger partial charge in [-0.3, -0.25) is 4.79 Å². The van der Waals surface area contributed by atoms with E-state index in [9.17, 15) is 4.79 Å². The Kier molecular flexibility index (Phi) is 6.57. The predicted molar refractivity (Wildman–Crippen MR) is 95.5 cm³/mol. The molecule has 0 saturated heterocycles. The van der Waals surface area contributed by atoms with Gasteiger partial charge in [0.1, 0.15) is 0 Å². The summed E-state index contributed by atoms with van der Waals surface area (Å²) in [5, 5.41) is 7.14. The number of hydrogen-bond acceptors (Lipinski definition) is 6. The van der Waals surface area contributed by atoms with Gasteiger partial charge in [0, 0.05) is 5.38 Å². The van der Waals surface area contributed by atoms with Gasteiger partial charge in [0.05, 0.1) is 42.1 Å². The summed E-state index contributed by atoms with van der Waals surface area (Å²) >= 11 is 7.69. The van der Waals surface area contributed by atoms with Crippen LogP contribution in [0.4, 0.5) is 0 Å². The molecule has 6 nitrogen and oxygen atoms in total. The number of amides is 1. The highest BCUT2D eigenvalue weighted by Crippen LogP contribution is 2.35. The Morgan fingerprint density at radius 1 is 1.50 bits per heavy atom. The van der Waals surface area contributed by atoms with Crippen LogP contribution < -0.4 is 14.9 Å². The zero-order valence-electron chi connectivity index (χ0n) is 13.6. The number of carbonyl (C=O) groups is 1. The lowest BCUT2D eigenvalue weighted by atomic mass is 10.2. The second-order valence-corrected chi connectivity index (χ2v) is 6.26. The van der Waals surface area contributed by atoms with Crippen molar-refractivity contribution < 1.29 is 14.3 Å². The predicted octanol–water partition coefficient (Wildman–Crippen LogP) is 3.21. The van der Waals surface area contributed by atoms with E-state index in [1.165, 1.54) is 24.7 Å². The molecule has 8 heteroatoms. The molecule has 0 fully saturated rings. The van der Waals surface area contributed by atoms with Crippen LogP contribution in [0.1, 0.15) is 23.2 Å². The zero-order chi connectivity index (χ0) is 17.5. The molecule has 0 saturated carbocycles. The van der Waals surface area contributed by atoms with E-state index in [4.69, 9.17) is 21.1 Å². The molecule has 0 aliphatic heterocycles. The fourth-order valence-corrected chi connectivity index (χ4v) is 2.86. The third-order valence-electron chi connectivity index (χ3n) is 2.95. The monoisotopic (exact) mass is 367 g/mol. The summed E-state index contributed by atoms with van der Waals surface area (Å²) in [6.45, 7) is 4.24. The van der Waals surface area contributed by atoms with Gasteiger partial charge in [0.25, 0.3) is 0 Å². The molecule has 2 aromatic rings. The van der Waals surface area contributed by atoms with Gasteiger partial charge in [-0.2, -0.15) is 5.10 Å². The molecule has 0 radical (unpaired) electrons. The summed E-state index contributed by atoms with van der Waals surface area (Å²) in [7, 11) is 1.53. The summed E-state index contributed by atoms with van der Waals surface area (Å²) in [5.41, 5.74) is 3.88. The Balaban J connectivity index is 2.00. The summed E-state index contributed by atoms with van der Waals surface area (Å²) in [6.07, 6.45) is 1.68. The Hall–Kier alpha value is -2.12. The van der Waals surface area contributed by atoms with Crippen molar-refractivity contribution in [3.63, 3.8) is 0 Å². The number of nitrogens with zero attached hydrogens (tertiary/aromatic N) is 2. The first kappa shape index (κ1) is 18.2. The molecule has 2 rings (SSSR count). The number of aromatic nitrogens is 1. The number of hydrazone groups is 1. The van der Waals surface area contributed by atoms with Crippen molar-refractivity contribution in [1.82, 2.24) is 10.4 Å². The Morgan fingerprint density at radius 2 is 2.29 bits per heavy atom. The normalized spacial score (nSPS) is 10.8. The molecule has 0 aliphatic carbocycles. The van der Waals surface area contributed by atoms with Gasteiger partial charge in [-0.25, -0.2) is 10.4 Å². The second-order valence-electron chi connectivity index (χ2n) is 4.79. The quantitative estimate of drug-likeness (QED) is 0.602. The van der Waals surface area contributed by atoms with E-state index in [-0.39, 0.29) is 12.3 Å². The van der Waals surface area contributed by atoms with Crippen molar-refractivity contribution in [2.24, 2.45) is 5.10 Å². The number of hydrogen-bond donors (Lipinski definition) is 1. The molecule has 0 atom stereocenters. The van der Waals surface area contributed by atoms with Gasteiger partial charge >= 0.3 is 0 Å². The largest absolute Gasteiger partial charge is 0.493 e. The smallest absolute Gasteiger partial charge is 0.246 e. The molecule has 24 heavy (non-hydrogen) atoms. The van der Waals surface area contributed by atoms with Crippen molar-refractivity contribution in [1.29, 1.82) is 0 Å². The van der Waals surface area contributed by atoms with Gasteiger partial charge in [-0.05, 0) is 31.5 Å². The number of aryl methyl sites for hydroxylation is 1. The Labute approximate surface area is 149 Å². The number of thiazole rings is 1. The average molecular weight is 368 g/mol. The molecular formula is C16H18ClN3O3S. The molecule has 0 bridgehead atoms. The van der Waals surface area contributed by atoms with Crippen LogP contribution in [0.25, 0.3) is 0 Å². The van der Waals surface area contributed by atoms with E-state index >= 15 is 0 Å². The van der Waals surface area contributed by atoms with Crippen LogP contribution in [0, 0.1) is 6.92 Å². The lowest BCUT2D eigenvalue weighted by molar-refractivity contribution is -0.120. The number of ether oxygens (including phenoxy) is 2. The van der Waals surface area contributed by atoms with E-state index in [2.05, 4.69) is 15.5 Å². The lowest BCUT2D eigenvalue weighted by Gasteiger charge is -2.11. The highest BCUT2D eigenvalue weighted by atomic mass is 35.5. The van der Waals surface area contributed by atoms with Crippen LogP contribution in [0.2, 0.25) is 5.02 Å². The van der Waals surface area contributed by atoms with E-state index < -0.39 is 0 Å². The first-order valence-electron chi connectivity index (χ1n) is 7.26. The maximum Gasteiger partial charge on any atom is 0.246 e. The number of halogens is 1. The first-order chi connectivity index (χ1) is 11.5. The molecule has 128 valence electrons. The molecule has 1 aromatic carbocycles. The van der Waals surface area contributed by atoms with Crippen LogP contribution in [0.3, 0.4) is 0 Å². The SMILES string of the molecule is CCOc1c(Cl)cc(/C=N\NC(=O)Cc2csc(C)n2)cc1OC. The molecule has 0 unspecified atom stereocenters. The standard InChI is InChI=1S/C16H18ClN3O3S/c1-4-23-16-13(17)5-11(6-14(16)22-3)8-18-20-15(21)7-12-9-24-10(2)19-12/h5-6,8-9H,4,7H2,1-3H3,(H,20,21)/b18-8-. The zero-order valence-corrected chi connectivity index (χ0v) is 15.2. The third kappa shape index (κ3) is 4.94. The van der Waals surface area contributed by atoms with Crippen molar-refractivity contribution in [3.8, 4) is 11.5 Å². The number of methoxy groups -OCH3 is 1. The summed E-state index contributed by atoms with van der Waals surface area (Å²) in [6, 6.07) is 3.42. The molecule has 1 N–H and O–H groups in total. The van der Waals surface area contributed by atoms with Gasteiger partial charge in [-0.1, -0.05) is 11.6 Å². The highest BCUT2D eigenvalue weighted by Gasteiger charge is 2.11. The van der Waals surface area contributed by atoms with Crippen molar-refractivity contribution >= 4 is 35.1 Å². The Morgan fingerprint density at radius 3 is 2.92 bits per heavy atom. The minimum Gasteiger partial charge on any atom is -0.493 e. The molecule has 0 spiro atoms. The van der Waals surface area contributed by atoms with E-state index in [0.29, 0.717) is 28.7 Å². The van der Waals surface area contributed by atoms with Gasteiger partial charge in [-0.15, -0.1) is 11.3 Å². The molecule has 1 heterocycles. The van der Waals surface area contributed by atoms with Crippen molar-refractivity contribution in [3.05, 3.63) is 38.8 Å². The lowest BCUT2D eigenvalue weighted by Crippen LogP contribution is -2.19. The first-order valence-corrected chi connectivity index (χ1v) is 8.52. The molecule has 1 aromatic heterocycles. The van der Waals surface area contributed by atoms with E-state index in [1.54, 1.807) is 12.1 Å². The minimum absolute atomic E-state index is 0.190. The number of carbonyl (C=O) groups excluding carboxylic acids is 1. The average Bonchev–Trinajstić information content (AvgIpc) is 2.94. The Bertz CT molecular complexity index is 746. The van der Waals surface area contributed by atoms with Crippen molar-refractivity contribution in [2.45, 2.75) is 20.3 Å². The van der Waals surface area contributed by atoms with Crippen LogP contribution in [-0.4, -0.2) is 30.8 Å². The van der Waals surface area contributed by atoms with Gasteiger partial charge in [0.15, 0.2) is 11.5 Å². The number of rotatable bonds is 7. The van der Waals surface area contributed by atoms with Crippen LogP contribution >= 0.6 is 22.9 Å². The molecular weight excluding hydrogens is 350 g/mol. The van der Waals surface area contributed by atoms with E-state index in [0.717, 1.165) is 10.7 Å². The summed E-state index contributed by atoms with van der Waals surface area (Å²) < 4.78 is 10.7. The van der Waals surface area contributed by atoms with Crippen LogP contribution in [0.5, 0.6) is 11.5 Å². The highest BCUT2D eigenvalue weighted by molar-refractivity contribution is 7.09. The fourth-order valence-electron chi connectivity index (χ4n) is 1.97. The van der Waals surface area contributed by atoms with Crippen molar-refractivity contribution in [2.75, 3.05) is 13.7 Å². The number of benzene rings is 1. The van der Waals surface area contributed by atoms with Gasteiger partial charge < -0.3 is 9.47 Å². The maximum atomic E-state index is 11.8. The topological polar surface area (TPSA) is 72.8 Å². The van der Waals surface area contributed by atoms with E-state index in [1.807, 2.05) is 19.2 Å². The van der Waals surface area contributed by atoms with Gasteiger partial charge in [0.2, 0.25) is 5.91 Å². The van der Waals surface area contributed by atoms with Crippen LogP contribution in [0.15, 0.2) is 22.6 Å². The fraction of sp³-hybridized carbons (Fsp3) is 0.312. The maximum absolute atomic E-state index is 11.8.